The second-order valence-corrected chi connectivity index (χ2v) is 8.18. The first kappa shape index (κ1) is 18.1. The van der Waals surface area contributed by atoms with Crippen LogP contribution in [0.15, 0.2) is 59.5 Å². The van der Waals surface area contributed by atoms with Crippen LogP contribution in [0.25, 0.3) is 0 Å². The number of aryl methyl sites for hydroxylation is 1. The molecule has 2 N–H and O–H groups in total. The van der Waals surface area contributed by atoms with Gasteiger partial charge in [-0.2, -0.15) is 4.72 Å². The summed E-state index contributed by atoms with van der Waals surface area (Å²) < 4.78 is 34.0. The number of ether oxygens (including phenoxy) is 1. The molecule has 1 atom stereocenters. The average molecular weight is 361 g/mol. The average Bonchev–Trinajstić information content (AvgIpc) is 2.63. The molecule has 0 unspecified atom stereocenters. The maximum Gasteiger partial charge on any atom is 0.241 e. The minimum atomic E-state index is -3.57. The zero-order valence-corrected chi connectivity index (χ0v) is 15.3. The Morgan fingerprint density at radius 1 is 1.04 bits per heavy atom. The van der Waals surface area contributed by atoms with E-state index in [9.17, 15) is 8.42 Å². The summed E-state index contributed by atoms with van der Waals surface area (Å²) in [6, 6.07) is 16.5. The number of rotatable bonds is 6. The van der Waals surface area contributed by atoms with E-state index in [1.165, 1.54) is 4.90 Å². The number of quaternary nitrogens is 1. The molecule has 0 bridgehead atoms. The summed E-state index contributed by atoms with van der Waals surface area (Å²) in [6.45, 7) is 5.89. The number of sulfonamides is 1. The first-order valence-corrected chi connectivity index (χ1v) is 10.1. The van der Waals surface area contributed by atoms with Gasteiger partial charge in [-0.15, -0.1) is 0 Å². The molecule has 6 heteroatoms. The second-order valence-electron chi connectivity index (χ2n) is 6.46. The molecule has 2 aromatic rings. The van der Waals surface area contributed by atoms with E-state index in [2.05, 4.69) is 4.72 Å². The van der Waals surface area contributed by atoms with Crippen molar-refractivity contribution in [2.75, 3.05) is 32.8 Å². The third-order valence-electron chi connectivity index (χ3n) is 4.52. The van der Waals surface area contributed by atoms with Crippen LogP contribution in [0.2, 0.25) is 0 Å². The molecule has 25 heavy (non-hydrogen) atoms. The minimum Gasteiger partial charge on any atom is -0.370 e. The number of nitrogens with one attached hydrogen (secondary N) is 2. The molecular weight excluding hydrogens is 336 g/mol. The molecule has 3 rings (SSSR count). The molecule has 5 nitrogen and oxygen atoms in total. The van der Waals surface area contributed by atoms with Crippen LogP contribution in [0.1, 0.15) is 17.2 Å². The zero-order chi connectivity index (χ0) is 17.7. The highest BCUT2D eigenvalue weighted by Crippen LogP contribution is 2.17. The lowest BCUT2D eigenvalue weighted by Crippen LogP contribution is -3.14. The summed E-state index contributed by atoms with van der Waals surface area (Å²) in [4.78, 5) is 1.66. The van der Waals surface area contributed by atoms with Crippen molar-refractivity contribution in [2.45, 2.75) is 17.9 Å². The molecule has 0 spiro atoms. The maximum absolute atomic E-state index is 12.8. The molecule has 1 fully saturated rings. The Labute approximate surface area is 149 Å². The summed E-state index contributed by atoms with van der Waals surface area (Å²) in [5.74, 6) is 0. The van der Waals surface area contributed by atoms with Gasteiger partial charge in [-0.1, -0.05) is 48.0 Å². The van der Waals surface area contributed by atoms with Crippen molar-refractivity contribution < 1.29 is 18.1 Å². The van der Waals surface area contributed by atoms with Crippen molar-refractivity contribution in [3.8, 4) is 0 Å². The molecular formula is C19H25N2O3S+. The van der Waals surface area contributed by atoms with Gasteiger partial charge in [0, 0.05) is 0 Å². The lowest BCUT2D eigenvalue weighted by atomic mass is 10.1. The summed E-state index contributed by atoms with van der Waals surface area (Å²) in [7, 11) is -3.57. The fourth-order valence-electron chi connectivity index (χ4n) is 3.04. The molecule has 0 amide bonds. The maximum atomic E-state index is 12.8. The predicted molar refractivity (Wildman–Crippen MR) is 97.1 cm³/mol. The Morgan fingerprint density at radius 2 is 1.68 bits per heavy atom. The standard InChI is InChI=1S/C19H24N2O3S/c1-16-7-9-18(10-8-16)25(22,23)20-19(17-5-3-2-4-6-17)15-21-11-13-24-14-12-21/h2-10,19-20H,11-15H2,1H3/p+1/t19-/m1/s1. The van der Waals surface area contributed by atoms with Gasteiger partial charge >= 0.3 is 0 Å². The van der Waals surface area contributed by atoms with E-state index >= 15 is 0 Å². The number of hydrogen-bond donors (Lipinski definition) is 2. The number of morpholine rings is 1. The molecule has 2 aromatic carbocycles. The van der Waals surface area contributed by atoms with Crippen molar-refractivity contribution in [3.63, 3.8) is 0 Å². The molecule has 134 valence electrons. The number of hydrogen-bond acceptors (Lipinski definition) is 3. The van der Waals surface area contributed by atoms with E-state index in [4.69, 9.17) is 4.74 Å². The molecule has 1 aliphatic rings. The Bertz CT molecular complexity index is 770. The molecule has 1 aliphatic heterocycles. The van der Waals surface area contributed by atoms with E-state index in [-0.39, 0.29) is 6.04 Å². The van der Waals surface area contributed by atoms with Crippen molar-refractivity contribution in [1.82, 2.24) is 4.72 Å². The van der Waals surface area contributed by atoms with Crippen LogP contribution in [0.5, 0.6) is 0 Å². The van der Waals surface area contributed by atoms with Gasteiger partial charge in [-0.3, -0.25) is 0 Å². The third kappa shape index (κ3) is 4.89. The van der Waals surface area contributed by atoms with Crippen LogP contribution < -0.4 is 9.62 Å². The Kier molecular flexibility index (Phi) is 5.86. The smallest absolute Gasteiger partial charge is 0.241 e. The van der Waals surface area contributed by atoms with Gasteiger partial charge in [0.1, 0.15) is 13.1 Å². The highest BCUT2D eigenvalue weighted by Gasteiger charge is 2.26. The van der Waals surface area contributed by atoms with Gasteiger partial charge in [0.05, 0.1) is 30.7 Å². The quantitative estimate of drug-likeness (QED) is 0.805. The Hall–Kier alpha value is -1.73. The summed E-state index contributed by atoms with van der Waals surface area (Å²) in [5.41, 5.74) is 2.02. The van der Waals surface area contributed by atoms with E-state index in [0.717, 1.165) is 37.4 Å². The highest BCUT2D eigenvalue weighted by atomic mass is 32.2. The van der Waals surface area contributed by atoms with Gasteiger partial charge in [0.15, 0.2) is 0 Å². The molecule has 1 heterocycles. The monoisotopic (exact) mass is 361 g/mol. The lowest BCUT2D eigenvalue weighted by Gasteiger charge is -2.28. The fourth-order valence-corrected chi connectivity index (χ4v) is 4.26. The number of benzene rings is 2. The van der Waals surface area contributed by atoms with Crippen LogP contribution in [-0.2, 0) is 14.8 Å². The summed E-state index contributed by atoms with van der Waals surface area (Å²) >= 11 is 0. The van der Waals surface area contributed by atoms with Crippen LogP contribution in [0.3, 0.4) is 0 Å². The van der Waals surface area contributed by atoms with Crippen molar-refractivity contribution >= 4 is 10.0 Å². The molecule has 0 radical (unpaired) electrons. The van der Waals surface area contributed by atoms with Crippen LogP contribution >= 0.6 is 0 Å². The van der Waals surface area contributed by atoms with Crippen molar-refractivity contribution in [3.05, 3.63) is 65.7 Å². The predicted octanol–water partition coefficient (Wildman–Crippen LogP) is 0.930. The Morgan fingerprint density at radius 3 is 2.32 bits per heavy atom. The summed E-state index contributed by atoms with van der Waals surface area (Å²) in [5, 5.41) is 0. The Balaban J connectivity index is 1.82. The largest absolute Gasteiger partial charge is 0.370 e. The van der Waals surface area contributed by atoms with Crippen LogP contribution in [0, 0.1) is 6.92 Å². The molecule has 0 aliphatic carbocycles. The topological polar surface area (TPSA) is 59.8 Å². The first-order chi connectivity index (χ1) is 12.0. The van der Waals surface area contributed by atoms with Crippen molar-refractivity contribution in [1.29, 1.82) is 0 Å². The van der Waals surface area contributed by atoms with E-state index in [0.29, 0.717) is 11.4 Å². The fraction of sp³-hybridized carbons (Fsp3) is 0.368. The van der Waals surface area contributed by atoms with Gasteiger partial charge in [0.25, 0.3) is 0 Å². The molecule has 0 aromatic heterocycles. The third-order valence-corrected chi connectivity index (χ3v) is 6.01. The SMILES string of the molecule is Cc1ccc(S(=O)(=O)N[C@H](C[NH+]2CCOCC2)c2ccccc2)cc1. The zero-order valence-electron chi connectivity index (χ0n) is 14.4. The second kappa shape index (κ2) is 8.10. The van der Waals surface area contributed by atoms with Crippen LogP contribution in [0.4, 0.5) is 0 Å². The lowest BCUT2D eigenvalue weighted by molar-refractivity contribution is -0.909. The van der Waals surface area contributed by atoms with Crippen LogP contribution in [-0.4, -0.2) is 41.3 Å². The normalized spacial score (nSPS) is 17.3. The van der Waals surface area contributed by atoms with Gasteiger partial charge in [-0.05, 0) is 24.6 Å². The van der Waals surface area contributed by atoms with Gasteiger partial charge < -0.3 is 9.64 Å². The molecule has 1 saturated heterocycles. The van der Waals surface area contributed by atoms with E-state index in [1.807, 2.05) is 49.4 Å². The van der Waals surface area contributed by atoms with E-state index < -0.39 is 10.0 Å². The first-order valence-electron chi connectivity index (χ1n) is 8.60. The van der Waals surface area contributed by atoms with Gasteiger partial charge in [-0.25, -0.2) is 8.42 Å². The van der Waals surface area contributed by atoms with Crippen molar-refractivity contribution in [2.24, 2.45) is 0 Å². The molecule has 0 saturated carbocycles. The minimum absolute atomic E-state index is 0.263. The van der Waals surface area contributed by atoms with Gasteiger partial charge in [0.2, 0.25) is 10.0 Å². The van der Waals surface area contributed by atoms with E-state index in [1.54, 1.807) is 12.1 Å². The highest BCUT2D eigenvalue weighted by molar-refractivity contribution is 7.89. The summed E-state index contributed by atoms with van der Waals surface area (Å²) in [6.07, 6.45) is 0.